The van der Waals surface area contributed by atoms with Crippen LogP contribution in [0.3, 0.4) is 0 Å². The van der Waals surface area contributed by atoms with Crippen molar-refractivity contribution in [3.8, 4) is 5.75 Å². The number of hydrogen-bond donors (Lipinski definition) is 1. The van der Waals surface area contributed by atoms with Gasteiger partial charge in [0, 0.05) is 6.54 Å². The SMILES string of the molecule is COc1ccc(S(=O)(=O)N(CC(=O)NCCCN2CCCCCC2)c2ccc(F)cc2)cc1. The van der Waals surface area contributed by atoms with E-state index in [0.29, 0.717) is 12.3 Å². The quantitative estimate of drug-likeness (QED) is 0.531. The van der Waals surface area contributed by atoms with Crippen molar-refractivity contribution in [2.24, 2.45) is 0 Å². The molecule has 33 heavy (non-hydrogen) atoms. The highest BCUT2D eigenvalue weighted by molar-refractivity contribution is 7.92. The van der Waals surface area contributed by atoms with Crippen LogP contribution in [0.4, 0.5) is 10.1 Å². The van der Waals surface area contributed by atoms with Crippen LogP contribution in [0, 0.1) is 5.82 Å². The minimum Gasteiger partial charge on any atom is -0.497 e. The molecule has 9 heteroatoms. The summed E-state index contributed by atoms with van der Waals surface area (Å²) < 4.78 is 46.2. The van der Waals surface area contributed by atoms with E-state index in [1.54, 1.807) is 12.1 Å². The molecule has 7 nitrogen and oxygen atoms in total. The molecular formula is C24H32FN3O4S. The van der Waals surface area contributed by atoms with Crippen LogP contribution < -0.4 is 14.4 Å². The summed E-state index contributed by atoms with van der Waals surface area (Å²) in [6, 6.07) is 11.0. The largest absolute Gasteiger partial charge is 0.497 e. The first kappa shape index (κ1) is 25.0. The number of amides is 1. The first-order chi connectivity index (χ1) is 15.9. The second-order valence-electron chi connectivity index (χ2n) is 8.12. The highest BCUT2D eigenvalue weighted by Crippen LogP contribution is 2.25. The monoisotopic (exact) mass is 477 g/mol. The van der Waals surface area contributed by atoms with Crippen molar-refractivity contribution in [2.45, 2.75) is 37.0 Å². The summed E-state index contributed by atoms with van der Waals surface area (Å²) in [5, 5.41) is 2.83. The molecule has 0 unspecified atom stereocenters. The normalized spacial score (nSPS) is 15.0. The van der Waals surface area contributed by atoms with Crippen LogP contribution in [0.2, 0.25) is 0 Å². The number of sulfonamides is 1. The van der Waals surface area contributed by atoms with Gasteiger partial charge in [-0.05, 0) is 87.4 Å². The van der Waals surface area contributed by atoms with Crippen molar-refractivity contribution in [1.29, 1.82) is 0 Å². The smallest absolute Gasteiger partial charge is 0.264 e. The maximum Gasteiger partial charge on any atom is 0.264 e. The summed E-state index contributed by atoms with van der Waals surface area (Å²) in [5.74, 6) is -0.379. The number of anilines is 1. The number of halogens is 1. The van der Waals surface area contributed by atoms with E-state index in [2.05, 4.69) is 10.2 Å². The zero-order valence-corrected chi connectivity index (χ0v) is 19.8. The fourth-order valence-electron chi connectivity index (χ4n) is 3.87. The number of ether oxygens (including phenoxy) is 1. The predicted molar refractivity (Wildman–Crippen MR) is 126 cm³/mol. The number of carbonyl (C=O) groups is 1. The first-order valence-corrected chi connectivity index (χ1v) is 12.8. The number of nitrogens with one attached hydrogen (secondary N) is 1. The summed E-state index contributed by atoms with van der Waals surface area (Å²) in [6.45, 7) is 3.16. The van der Waals surface area contributed by atoms with E-state index in [0.717, 1.165) is 30.4 Å². The lowest BCUT2D eigenvalue weighted by atomic mass is 10.2. The molecule has 0 saturated carbocycles. The standard InChI is InChI=1S/C24H32FN3O4S/c1-32-22-11-13-23(14-12-22)33(30,31)28(21-9-7-20(25)8-10-21)19-24(29)26-15-6-18-27-16-4-2-3-5-17-27/h7-14H,2-6,15-19H2,1H3,(H,26,29). The molecule has 1 saturated heterocycles. The molecule has 0 bridgehead atoms. The molecule has 1 amide bonds. The Hall–Kier alpha value is -2.65. The Morgan fingerprint density at radius 2 is 1.67 bits per heavy atom. The van der Waals surface area contributed by atoms with Gasteiger partial charge in [0.1, 0.15) is 18.1 Å². The Kier molecular flexibility index (Phi) is 9.08. The van der Waals surface area contributed by atoms with Crippen LogP contribution in [-0.4, -0.2) is 59.1 Å². The summed E-state index contributed by atoms with van der Waals surface area (Å²) in [6.07, 6.45) is 5.77. The minimum absolute atomic E-state index is 0.0154. The zero-order chi connectivity index (χ0) is 23.7. The molecule has 1 heterocycles. The maximum absolute atomic E-state index is 13.4. The highest BCUT2D eigenvalue weighted by Gasteiger charge is 2.27. The average molecular weight is 478 g/mol. The Labute approximate surface area is 195 Å². The predicted octanol–water partition coefficient (Wildman–Crippen LogP) is 3.41. The summed E-state index contributed by atoms with van der Waals surface area (Å²) in [5.41, 5.74) is 0.215. The average Bonchev–Trinajstić information content (AvgIpc) is 3.10. The van der Waals surface area contributed by atoms with Crippen LogP contribution in [0.25, 0.3) is 0 Å². The van der Waals surface area contributed by atoms with E-state index in [1.165, 1.54) is 69.2 Å². The molecule has 1 fully saturated rings. The third kappa shape index (κ3) is 7.17. The van der Waals surface area contributed by atoms with Gasteiger partial charge in [-0.3, -0.25) is 9.10 Å². The third-order valence-corrected chi connectivity index (χ3v) is 7.51. The van der Waals surface area contributed by atoms with Gasteiger partial charge in [0.2, 0.25) is 5.91 Å². The van der Waals surface area contributed by atoms with Gasteiger partial charge in [-0.1, -0.05) is 12.8 Å². The summed E-state index contributed by atoms with van der Waals surface area (Å²) in [4.78, 5) is 15.1. The Morgan fingerprint density at radius 1 is 1.03 bits per heavy atom. The minimum atomic E-state index is -4.05. The number of rotatable bonds is 10. The van der Waals surface area contributed by atoms with Crippen molar-refractivity contribution in [3.05, 3.63) is 54.3 Å². The van der Waals surface area contributed by atoms with E-state index in [1.807, 2.05) is 0 Å². The molecule has 1 aliphatic heterocycles. The Bertz CT molecular complexity index is 989. The number of methoxy groups -OCH3 is 1. The van der Waals surface area contributed by atoms with Gasteiger partial charge in [-0.25, -0.2) is 12.8 Å². The number of likely N-dealkylation sites (tertiary alicyclic amines) is 1. The molecule has 0 spiro atoms. The van der Waals surface area contributed by atoms with Crippen LogP contribution in [0.15, 0.2) is 53.4 Å². The topological polar surface area (TPSA) is 79.0 Å². The molecular weight excluding hydrogens is 445 g/mol. The molecule has 2 aromatic carbocycles. The Balaban J connectivity index is 1.66. The van der Waals surface area contributed by atoms with Crippen LogP contribution in [0.1, 0.15) is 32.1 Å². The third-order valence-electron chi connectivity index (χ3n) is 5.72. The van der Waals surface area contributed by atoms with E-state index in [4.69, 9.17) is 4.74 Å². The Morgan fingerprint density at radius 3 is 2.27 bits per heavy atom. The fourth-order valence-corrected chi connectivity index (χ4v) is 5.29. The van der Waals surface area contributed by atoms with Crippen molar-refractivity contribution >= 4 is 21.6 Å². The lowest BCUT2D eigenvalue weighted by Crippen LogP contribution is -2.41. The number of carbonyl (C=O) groups excluding carboxylic acids is 1. The highest BCUT2D eigenvalue weighted by atomic mass is 32.2. The number of hydrogen-bond acceptors (Lipinski definition) is 5. The maximum atomic E-state index is 13.4. The molecule has 0 aliphatic carbocycles. The van der Waals surface area contributed by atoms with Crippen molar-refractivity contribution in [3.63, 3.8) is 0 Å². The van der Waals surface area contributed by atoms with Crippen molar-refractivity contribution in [2.75, 3.05) is 44.1 Å². The molecule has 180 valence electrons. The molecule has 0 aromatic heterocycles. The van der Waals surface area contributed by atoms with Crippen molar-refractivity contribution in [1.82, 2.24) is 10.2 Å². The summed E-state index contributed by atoms with van der Waals surface area (Å²) in [7, 11) is -2.56. The van der Waals surface area contributed by atoms with Gasteiger partial charge in [0.25, 0.3) is 10.0 Å². The van der Waals surface area contributed by atoms with Crippen LogP contribution in [-0.2, 0) is 14.8 Å². The molecule has 3 rings (SSSR count). The van der Waals surface area contributed by atoms with Gasteiger partial charge in [0.05, 0.1) is 17.7 Å². The molecule has 2 aromatic rings. The second-order valence-corrected chi connectivity index (χ2v) is 9.99. The van der Waals surface area contributed by atoms with E-state index < -0.39 is 28.3 Å². The van der Waals surface area contributed by atoms with Gasteiger partial charge in [-0.2, -0.15) is 0 Å². The van der Waals surface area contributed by atoms with Gasteiger partial charge in [-0.15, -0.1) is 0 Å². The van der Waals surface area contributed by atoms with Gasteiger partial charge in [0.15, 0.2) is 0 Å². The van der Waals surface area contributed by atoms with Gasteiger partial charge < -0.3 is 15.0 Å². The van der Waals surface area contributed by atoms with Crippen LogP contribution >= 0.6 is 0 Å². The van der Waals surface area contributed by atoms with E-state index in [9.17, 15) is 17.6 Å². The van der Waals surface area contributed by atoms with Crippen LogP contribution in [0.5, 0.6) is 5.75 Å². The van der Waals surface area contributed by atoms with E-state index >= 15 is 0 Å². The molecule has 1 N–H and O–H groups in total. The number of nitrogens with zero attached hydrogens (tertiary/aromatic N) is 2. The molecule has 0 atom stereocenters. The fraction of sp³-hybridized carbons (Fsp3) is 0.458. The molecule has 1 aliphatic rings. The zero-order valence-electron chi connectivity index (χ0n) is 19.0. The van der Waals surface area contributed by atoms with Crippen molar-refractivity contribution < 1.29 is 22.3 Å². The first-order valence-electron chi connectivity index (χ1n) is 11.3. The lowest BCUT2D eigenvalue weighted by molar-refractivity contribution is -0.119. The van der Waals surface area contributed by atoms with E-state index in [-0.39, 0.29) is 10.6 Å². The lowest BCUT2D eigenvalue weighted by Gasteiger charge is -2.24. The van der Waals surface area contributed by atoms with Gasteiger partial charge >= 0.3 is 0 Å². The summed E-state index contributed by atoms with van der Waals surface area (Å²) >= 11 is 0. The molecule has 0 radical (unpaired) electrons. The number of benzene rings is 2. The second kappa shape index (κ2) is 12.0.